The van der Waals surface area contributed by atoms with Gasteiger partial charge in [0.05, 0.1) is 6.61 Å². The van der Waals surface area contributed by atoms with E-state index in [2.05, 4.69) is 15.1 Å². The topological polar surface area (TPSA) is 84.2 Å². The van der Waals surface area contributed by atoms with Crippen LogP contribution in [0.4, 0.5) is 0 Å². The summed E-state index contributed by atoms with van der Waals surface area (Å²) in [6.45, 7) is 2.34. The van der Waals surface area contributed by atoms with Crippen LogP contribution in [0.5, 0.6) is 11.5 Å². The predicted molar refractivity (Wildman–Crippen MR) is 89.9 cm³/mol. The Bertz CT molecular complexity index is 1000. The number of phenols is 1. The van der Waals surface area contributed by atoms with Crippen molar-refractivity contribution in [2.24, 2.45) is 0 Å². The lowest BCUT2D eigenvalue weighted by Gasteiger charge is -2.05. The summed E-state index contributed by atoms with van der Waals surface area (Å²) in [6, 6.07) is 12.9. The van der Waals surface area contributed by atoms with Gasteiger partial charge in [0.1, 0.15) is 0 Å². The van der Waals surface area contributed by atoms with Gasteiger partial charge in [0, 0.05) is 22.8 Å². The van der Waals surface area contributed by atoms with E-state index in [1.165, 1.54) is 0 Å². The number of ether oxygens (including phenoxy) is 1. The van der Waals surface area contributed by atoms with Gasteiger partial charge in [-0.3, -0.25) is 0 Å². The van der Waals surface area contributed by atoms with Gasteiger partial charge in [-0.1, -0.05) is 17.3 Å². The average molecular weight is 321 g/mol. The Kier molecular flexibility index (Phi) is 3.42. The first kappa shape index (κ1) is 14.3. The van der Waals surface area contributed by atoms with Gasteiger partial charge in [-0.2, -0.15) is 4.98 Å². The van der Waals surface area contributed by atoms with Crippen molar-refractivity contribution >= 4 is 10.9 Å². The number of fused-ring (bicyclic) bond motifs is 1. The highest BCUT2D eigenvalue weighted by molar-refractivity contribution is 5.83. The standard InChI is InChI=1S/C18H15N3O3/c1-2-23-16-6-5-13(10-15(16)22)18-20-17(21-24-18)12-4-3-11-7-8-19-14(11)9-12/h3-10,19,22H,2H2,1H3. The van der Waals surface area contributed by atoms with E-state index in [1.807, 2.05) is 37.4 Å². The van der Waals surface area contributed by atoms with Crippen LogP contribution in [-0.2, 0) is 0 Å². The number of H-pyrrole nitrogens is 1. The van der Waals surface area contributed by atoms with Gasteiger partial charge in [-0.15, -0.1) is 0 Å². The third kappa shape index (κ3) is 2.48. The number of phenolic OH excluding ortho intramolecular Hbond substituents is 1. The van der Waals surface area contributed by atoms with Crippen LogP contribution in [0, 0.1) is 0 Å². The monoisotopic (exact) mass is 321 g/mol. The molecule has 0 bridgehead atoms. The van der Waals surface area contributed by atoms with Crippen LogP contribution >= 0.6 is 0 Å². The molecule has 2 aromatic heterocycles. The lowest BCUT2D eigenvalue weighted by molar-refractivity contribution is 0.318. The maximum atomic E-state index is 9.98. The Labute approximate surface area is 137 Å². The third-order valence-electron chi connectivity index (χ3n) is 3.74. The molecule has 120 valence electrons. The summed E-state index contributed by atoms with van der Waals surface area (Å²) in [5, 5.41) is 15.1. The Morgan fingerprint density at radius 2 is 2.00 bits per heavy atom. The molecule has 0 unspecified atom stereocenters. The number of benzene rings is 2. The molecule has 4 aromatic rings. The molecule has 0 aliphatic carbocycles. The maximum Gasteiger partial charge on any atom is 0.258 e. The van der Waals surface area contributed by atoms with Crippen LogP contribution in [-0.4, -0.2) is 26.8 Å². The maximum absolute atomic E-state index is 9.98. The lowest BCUT2D eigenvalue weighted by Crippen LogP contribution is -1.91. The van der Waals surface area contributed by atoms with Crippen molar-refractivity contribution in [1.82, 2.24) is 15.1 Å². The quantitative estimate of drug-likeness (QED) is 0.594. The number of hydrogen-bond acceptors (Lipinski definition) is 5. The molecule has 0 amide bonds. The van der Waals surface area contributed by atoms with Crippen LogP contribution in [0.25, 0.3) is 33.7 Å². The molecule has 0 radical (unpaired) electrons. The van der Waals surface area contributed by atoms with Crippen molar-refractivity contribution in [3.63, 3.8) is 0 Å². The smallest absolute Gasteiger partial charge is 0.258 e. The molecular formula is C18H15N3O3. The zero-order valence-electron chi connectivity index (χ0n) is 13.0. The number of nitrogens with one attached hydrogen (secondary N) is 1. The third-order valence-corrected chi connectivity index (χ3v) is 3.74. The second-order valence-corrected chi connectivity index (χ2v) is 5.32. The van der Waals surface area contributed by atoms with E-state index in [9.17, 15) is 5.11 Å². The summed E-state index contributed by atoms with van der Waals surface area (Å²) in [5.74, 6) is 1.31. The van der Waals surface area contributed by atoms with Crippen molar-refractivity contribution < 1.29 is 14.4 Å². The second kappa shape index (κ2) is 5.73. The molecule has 0 saturated carbocycles. The minimum Gasteiger partial charge on any atom is -0.504 e. The minimum absolute atomic E-state index is 0.0434. The summed E-state index contributed by atoms with van der Waals surface area (Å²) in [6.07, 6.45) is 1.89. The van der Waals surface area contributed by atoms with Gasteiger partial charge >= 0.3 is 0 Å². The average Bonchev–Trinajstić information content (AvgIpc) is 3.25. The van der Waals surface area contributed by atoms with Gasteiger partial charge in [-0.25, -0.2) is 0 Å². The zero-order valence-corrected chi connectivity index (χ0v) is 13.0. The van der Waals surface area contributed by atoms with Crippen LogP contribution in [0.2, 0.25) is 0 Å². The van der Waals surface area contributed by atoms with Crippen molar-refractivity contribution in [2.75, 3.05) is 6.61 Å². The summed E-state index contributed by atoms with van der Waals surface area (Å²) in [5.41, 5.74) is 2.50. The largest absolute Gasteiger partial charge is 0.504 e. The van der Waals surface area contributed by atoms with E-state index < -0.39 is 0 Å². The molecule has 24 heavy (non-hydrogen) atoms. The fraction of sp³-hybridized carbons (Fsp3) is 0.111. The molecule has 2 N–H and O–H groups in total. The molecule has 0 atom stereocenters. The van der Waals surface area contributed by atoms with Crippen LogP contribution in [0.15, 0.2) is 53.2 Å². The van der Waals surface area contributed by atoms with Crippen molar-refractivity contribution in [3.8, 4) is 34.3 Å². The summed E-state index contributed by atoms with van der Waals surface area (Å²) < 4.78 is 10.6. The number of rotatable bonds is 4. The molecule has 4 rings (SSSR count). The Morgan fingerprint density at radius 1 is 1.12 bits per heavy atom. The van der Waals surface area contributed by atoms with Gasteiger partial charge in [-0.05, 0) is 42.6 Å². The normalized spacial score (nSPS) is 11.0. The summed E-state index contributed by atoms with van der Waals surface area (Å²) in [7, 11) is 0. The van der Waals surface area contributed by atoms with Gasteiger partial charge in [0.15, 0.2) is 11.5 Å². The molecular weight excluding hydrogens is 306 g/mol. The van der Waals surface area contributed by atoms with Gasteiger partial charge in [0.2, 0.25) is 5.82 Å². The second-order valence-electron chi connectivity index (χ2n) is 5.32. The predicted octanol–water partition coefficient (Wildman–Crippen LogP) is 3.99. The molecule has 6 heteroatoms. The van der Waals surface area contributed by atoms with Crippen LogP contribution in [0.3, 0.4) is 0 Å². The SMILES string of the molecule is CCOc1ccc(-c2nc(-c3ccc4cc[nH]c4c3)no2)cc1O. The molecule has 0 aliphatic rings. The number of hydrogen-bond donors (Lipinski definition) is 2. The molecule has 0 aliphatic heterocycles. The highest BCUT2D eigenvalue weighted by Gasteiger charge is 2.13. The molecule has 2 aromatic carbocycles. The number of aromatic hydroxyl groups is 1. The molecule has 0 saturated heterocycles. The molecule has 6 nitrogen and oxygen atoms in total. The first-order valence-corrected chi connectivity index (χ1v) is 7.62. The fourth-order valence-electron chi connectivity index (χ4n) is 2.57. The Morgan fingerprint density at radius 3 is 2.83 bits per heavy atom. The van der Waals surface area contributed by atoms with Crippen molar-refractivity contribution in [2.45, 2.75) is 6.92 Å². The van der Waals surface area contributed by atoms with E-state index in [0.717, 1.165) is 16.5 Å². The van der Waals surface area contributed by atoms with Gasteiger partial charge in [0.25, 0.3) is 5.89 Å². The molecule has 0 spiro atoms. The van der Waals surface area contributed by atoms with E-state index in [4.69, 9.17) is 9.26 Å². The fourth-order valence-corrected chi connectivity index (χ4v) is 2.57. The summed E-state index contributed by atoms with van der Waals surface area (Å²) in [4.78, 5) is 7.58. The minimum atomic E-state index is 0.0434. The van der Waals surface area contributed by atoms with E-state index in [0.29, 0.717) is 29.6 Å². The van der Waals surface area contributed by atoms with E-state index in [1.54, 1.807) is 18.2 Å². The zero-order chi connectivity index (χ0) is 16.5. The number of nitrogens with zero attached hydrogens (tertiary/aromatic N) is 2. The Hall–Kier alpha value is -3.28. The van der Waals surface area contributed by atoms with E-state index in [-0.39, 0.29) is 5.75 Å². The molecule has 2 heterocycles. The highest BCUT2D eigenvalue weighted by atomic mass is 16.5. The van der Waals surface area contributed by atoms with Gasteiger partial charge < -0.3 is 19.4 Å². The molecule has 0 fully saturated rings. The van der Waals surface area contributed by atoms with Crippen LogP contribution < -0.4 is 4.74 Å². The van der Waals surface area contributed by atoms with Crippen molar-refractivity contribution in [3.05, 3.63) is 48.7 Å². The highest BCUT2D eigenvalue weighted by Crippen LogP contribution is 2.32. The van der Waals surface area contributed by atoms with Crippen molar-refractivity contribution in [1.29, 1.82) is 0 Å². The Balaban J connectivity index is 1.68. The number of aromatic amines is 1. The summed E-state index contributed by atoms with van der Waals surface area (Å²) >= 11 is 0. The van der Waals surface area contributed by atoms with Crippen LogP contribution in [0.1, 0.15) is 6.92 Å². The first-order valence-electron chi connectivity index (χ1n) is 7.62. The lowest BCUT2D eigenvalue weighted by atomic mass is 10.1. The van der Waals surface area contributed by atoms with E-state index >= 15 is 0 Å². The first-order chi connectivity index (χ1) is 11.7. The number of aromatic nitrogens is 3.